The minimum absolute atomic E-state index is 0.129. The zero-order valence-electron chi connectivity index (χ0n) is 16.6. The highest BCUT2D eigenvalue weighted by atomic mass is 16.5. The molecule has 138 valence electrons. The summed E-state index contributed by atoms with van der Waals surface area (Å²) in [6, 6.07) is 4.19. The lowest BCUT2D eigenvalue weighted by Crippen LogP contribution is -2.37. The van der Waals surface area contributed by atoms with E-state index in [1.807, 2.05) is 50.8 Å². The van der Waals surface area contributed by atoms with Gasteiger partial charge in [-0.2, -0.15) is 0 Å². The number of carbonyl (C=O) groups is 1. The number of rotatable bonds is 6. The first-order valence-electron chi connectivity index (χ1n) is 9.02. The van der Waals surface area contributed by atoms with Crippen LogP contribution in [0.5, 0.6) is 11.5 Å². The SMILES string of the molecule is COc1c(CN(C(=O)CC(C)C)C(C)C)ccc2c1OC(C)(C)C=C2. The van der Waals surface area contributed by atoms with Crippen LogP contribution in [0.1, 0.15) is 59.1 Å². The van der Waals surface area contributed by atoms with Crippen molar-refractivity contribution in [3.63, 3.8) is 0 Å². The largest absolute Gasteiger partial charge is 0.492 e. The van der Waals surface area contributed by atoms with Crippen LogP contribution in [0.15, 0.2) is 18.2 Å². The van der Waals surface area contributed by atoms with E-state index < -0.39 is 0 Å². The first-order valence-corrected chi connectivity index (χ1v) is 9.02. The second kappa shape index (κ2) is 7.51. The van der Waals surface area contributed by atoms with Crippen molar-refractivity contribution in [1.82, 2.24) is 4.90 Å². The second-order valence-corrected chi connectivity index (χ2v) is 7.93. The molecule has 25 heavy (non-hydrogen) atoms. The Morgan fingerprint density at radius 1 is 1.24 bits per heavy atom. The van der Waals surface area contributed by atoms with Crippen molar-refractivity contribution >= 4 is 12.0 Å². The third-order valence-electron chi connectivity index (χ3n) is 4.32. The quantitative estimate of drug-likeness (QED) is 0.752. The number of hydrogen-bond donors (Lipinski definition) is 0. The van der Waals surface area contributed by atoms with E-state index in [1.54, 1.807) is 7.11 Å². The molecule has 2 rings (SSSR count). The van der Waals surface area contributed by atoms with Gasteiger partial charge in [-0.1, -0.05) is 32.1 Å². The minimum atomic E-state index is -0.371. The van der Waals surface area contributed by atoms with Crippen LogP contribution in [-0.4, -0.2) is 29.6 Å². The van der Waals surface area contributed by atoms with Gasteiger partial charge in [0.25, 0.3) is 0 Å². The van der Waals surface area contributed by atoms with Gasteiger partial charge in [0.05, 0.1) is 7.11 Å². The van der Waals surface area contributed by atoms with Crippen LogP contribution < -0.4 is 9.47 Å². The molecule has 1 aliphatic rings. The summed E-state index contributed by atoms with van der Waals surface area (Å²) in [6.45, 7) is 12.8. The molecule has 4 heteroatoms. The summed E-state index contributed by atoms with van der Waals surface area (Å²) in [6.07, 6.45) is 4.66. The van der Waals surface area contributed by atoms with Crippen LogP contribution >= 0.6 is 0 Å². The van der Waals surface area contributed by atoms with Gasteiger partial charge in [-0.25, -0.2) is 0 Å². The van der Waals surface area contributed by atoms with E-state index in [-0.39, 0.29) is 17.6 Å². The highest BCUT2D eigenvalue weighted by Gasteiger charge is 2.27. The van der Waals surface area contributed by atoms with Gasteiger partial charge in [0.1, 0.15) is 5.60 Å². The fourth-order valence-electron chi connectivity index (χ4n) is 3.00. The normalized spacial score (nSPS) is 15.1. The fourth-order valence-corrected chi connectivity index (χ4v) is 3.00. The van der Waals surface area contributed by atoms with Crippen LogP contribution in [0.4, 0.5) is 0 Å². The Morgan fingerprint density at radius 2 is 1.92 bits per heavy atom. The van der Waals surface area contributed by atoms with Gasteiger partial charge in [0, 0.05) is 30.1 Å². The number of nitrogens with zero attached hydrogens (tertiary/aromatic N) is 1. The van der Waals surface area contributed by atoms with Crippen molar-refractivity contribution in [3.05, 3.63) is 29.3 Å². The Hall–Kier alpha value is -1.97. The van der Waals surface area contributed by atoms with Crippen LogP contribution in [0, 0.1) is 5.92 Å². The topological polar surface area (TPSA) is 38.8 Å². The van der Waals surface area contributed by atoms with Crippen molar-refractivity contribution in [2.45, 2.75) is 66.2 Å². The zero-order chi connectivity index (χ0) is 18.8. The Morgan fingerprint density at radius 3 is 2.48 bits per heavy atom. The van der Waals surface area contributed by atoms with Crippen molar-refractivity contribution in [2.75, 3.05) is 7.11 Å². The molecule has 0 spiro atoms. The molecule has 1 aromatic rings. The molecule has 1 heterocycles. The maximum Gasteiger partial charge on any atom is 0.223 e. The number of ether oxygens (including phenoxy) is 2. The molecule has 0 aliphatic carbocycles. The Kier molecular flexibility index (Phi) is 5.81. The summed E-state index contributed by atoms with van der Waals surface area (Å²) in [4.78, 5) is 14.5. The average Bonchev–Trinajstić information content (AvgIpc) is 2.49. The molecule has 0 unspecified atom stereocenters. The number of amides is 1. The van der Waals surface area contributed by atoms with Crippen LogP contribution in [-0.2, 0) is 11.3 Å². The lowest BCUT2D eigenvalue weighted by Gasteiger charge is -2.32. The maximum absolute atomic E-state index is 12.6. The van der Waals surface area contributed by atoms with E-state index in [2.05, 4.69) is 19.9 Å². The number of benzene rings is 1. The fraction of sp³-hybridized carbons (Fsp3) is 0.571. The molecule has 1 amide bonds. The van der Waals surface area contributed by atoms with E-state index in [1.165, 1.54) is 0 Å². The highest BCUT2D eigenvalue weighted by molar-refractivity contribution is 5.77. The van der Waals surface area contributed by atoms with Gasteiger partial charge in [-0.15, -0.1) is 0 Å². The molecular weight excluding hydrogens is 314 g/mol. The molecule has 1 aliphatic heterocycles. The predicted octanol–water partition coefficient (Wildman–Crippen LogP) is 4.66. The molecular formula is C21H31NO3. The zero-order valence-corrected chi connectivity index (χ0v) is 16.6. The first-order chi connectivity index (χ1) is 11.6. The van der Waals surface area contributed by atoms with E-state index >= 15 is 0 Å². The van der Waals surface area contributed by atoms with Gasteiger partial charge >= 0.3 is 0 Å². The molecule has 0 bridgehead atoms. The summed E-state index contributed by atoms with van der Waals surface area (Å²) in [7, 11) is 1.66. The lowest BCUT2D eigenvalue weighted by molar-refractivity contribution is -0.134. The van der Waals surface area contributed by atoms with Crippen LogP contribution in [0.25, 0.3) is 6.08 Å². The summed E-state index contributed by atoms with van der Waals surface area (Å²) in [5.41, 5.74) is 1.60. The van der Waals surface area contributed by atoms with E-state index in [4.69, 9.17) is 9.47 Å². The first kappa shape index (κ1) is 19.4. The number of hydrogen-bond acceptors (Lipinski definition) is 3. The van der Waals surface area contributed by atoms with Crippen molar-refractivity contribution in [3.8, 4) is 11.5 Å². The number of methoxy groups -OCH3 is 1. The van der Waals surface area contributed by atoms with Crippen molar-refractivity contribution in [2.24, 2.45) is 5.92 Å². The smallest absolute Gasteiger partial charge is 0.223 e. The van der Waals surface area contributed by atoms with Gasteiger partial charge in [-0.3, -0.25) is 4.79 Å². The molecule has 0 N–H and O–H groups in total. The maximum atomic E-state index is 12.6. The molecule has 4 nitrogen and oxygen atoms in total. The number of fused-ring (bicyclic) bond motifs is 1. The summed E-state index contributed by atoms with van der Waals surface area (Å²) >= 11 is 0. The Balaban J connectivity index is 2.36. The third-order valence-corrected chi connectivity index (χ3v) is 4.32. The molecule has 0 radical (unpaired) electrons. The average molecular weight is 345 g/mol. The van der Waals surface area contributed by atoms with Gasteiger partial charge in [0.15, 0.2) is 11.5 Å². The van der Waals surface area contributed by atoms with Gasteiger partial charge in [-0.05, 0) is 39.7 Å². The molecule has 0 saturated carbocycles. The van der Waals surface area contributed by atoms with E-state index in [0.29, 0.717) is 18.9 Å². The monoisotopic (exact) mass is 345 g/mol. The summed E-state index contributed by atoms with van der Waals surface area (Å²) in [5, 5.41) is 0. The van der Waals surface area contributed by atoms with Crippen molar-refractivity contribution < 1.29 is 14.3 Å². The summed E-state index contributed by atoms with van der Waals surface area (Å²) in [5.74, 6) is 1.99. The molecule has 0 fully saturated rings. The highest BCUT2D eigenvalue weighted by Crippen LogP contribution is 2.41. The third kappa shape index (κ3) is 4.56. The van der Waals surface area contributed by atoms with Gasteiger partial charge < -0.3 is 14.4 Å². The summed E-state index contributed by atoms with van der Waals surface area (Å²) < 4.78 is 11.8. The molecule has 0 saturated heterocycles. The van der Waals surface area contributed by atoms with Crippen LogP contribution in [0.2, 0.25) is 0 Å². The van der Waals surface area contributed by atoms with E-state index in [9.17, 15) is 4.79 Å². The Labute approximate surface area is 151 Å². The standard InChI is InChI=1S/C21H31NO3/c1-14(2)12-18(23)22(15(3)4)13-17-9-8-16-10-11-21(5,6)25-20(16)19(17)24-7/h8-11,14-15H,12-13H2,1-7H3. The Bertz CT molecular complexity index is 659. The van der Waals surface area contributed by atoms with Crippen molar-refractivity contribution in [1.29, 1.82) is 0 Å². The predicted molar refractivity (Wildman–Crippen MR) is 102 cm³/mol. The molecule has 1 aromatic carbocycles. The molecule has 0 aromatic heterocycles. The van der Waals surface area contributed by atoms with Crippen LogP contribution in [0.3, 0.4) is 0 Å². The second-order valence-electron chi connectivity index (χ2n) is 7.93. The van der Waals surface area contributed by atoms with Gasteiger partial charge in [0.2, 0.25) is 5.91 Å². The lowest BCUT2D eigenvalue weighted by atomic mass is 9.99. The number of carbonyl (C=O) groups excluding carboxylic acids is 1. The molecule has 0 atom stereocenters. The van der Waals surface area contributed by atoms with E-state index in [0.717, 1.165) is 22.6 Å². The minimum Gasteiger partial charge on any atom is -0.492 e.